The third kappa shape index (κ3) is 5.98. The number of halogens is 4. The molecule has 1 unspecified atom stereocenters. The molecule has 1 aromatic heterocycles. The molecule has 0 amide bonds. The molecule has 1 atom stereocenters. The third-order valence-electron chi connectivity index (χ3n) is 5.97. The van der Waals surface area contributed by atoms with Crippen LogP contribution in [0, 0.1) is 0 Å². The SMILES string of the molecule is CC(O)C[n+]1c(-c2ccccc2)cc(-c2ccccc2)c2c1-c1ccccc1CC2.F[B-](F)(F)F. The molecule has 0 aliphatic heterocycles. The first-order valence-corrected chi connectivity index (χ1v) is 11.6. The summed E-state index contributed by atoms with van der Waals surface area (Å²) in [6, 6.07) is 32.2. The Morgan fingerprint density at radius 1 is 0.771 bits per heavy atom. The van der Waals surface area contributed by atoms with Gasteiger partial charge in [0.25, 0.3) is 0 Å². The van der Waals surface area contributed by atoms with Gasteiger partial charge >= 0.3 is 7.25 Å². The summed E-state index contributed by atoms with van der Waals surface area (Å²) in [5, 5.41) is 10.4. The molecule has 180 valence electrons. The van der Waals surface area contributed by atoms with Crippen molar-refractivity contribution >= 4 is 7.25 Å². The Morgan fingerprint density at radius 3 is 1.91 bits per heavy atom. The summed E-state index contributed by atoms with van der Waals surface area (Å²) in [6.45, 7) is 2.43. The van der Waals surface area contributed by atoms with E-state index in [0.29, 0.717) is 6.54 Å². The normalized spacial score (nSPS) is 13.2. The molecule has 0 fully saturated rings. The van der Waals surface area contributed by atoms with E-state index in [9.17, 15) is 22.4 Å². The number of nitrogens with zero attached hydrogens (tertiary/aromatic N) is 1. The Balaban J connectivity index is 0.000000527. The summed E-state index contributed by atoms with van der Waals surface area (Å²) >= 11 is 0. The summed E-state index contributed by atoms with van der Waals surface area (Å²) < 4.78 is 41.3. The zero-order chi connectivity index (χ0) is 25.0. The molecule has 35 heavy (non-hydrogen) atoms. The van der Waals surface area contributed by atoms with Gasteiger partial charge in [0, 0.05) is 22.8 Å². The molecule has 1 aliphatic carbocycles. The maximum Gasteiger partial charge on any atom is 0.673 e. The Kier molecular flexibility index (Phi) is 7.36. The predicted molar refractivity (Wildman–Crippen MR) is 132 cm³/mol. The largest absolute Gasteiger partial charge is 0.673 e. The van der Waals surface area contributed by atoms with Gasteiger partial charge in [0.2, 0.25) is 11.4 Å². The van der Waals surface area contributed by atoms with Crippen LogP contribution in [-0.4, -0.2) is 18.5 Å². The first-order valence-electron chi connectivity index (χ1n) is 11.6. The molecule has 1 heterocycles. The minimum atomic E-state index is -6.00. The number of fused-ring (bicyclic) bond motifs is 3. The van der Waals surface area contributed by atoms with Gasteiger partial charge < -0.3 is 22.4 Å². The second kappa shape index (κ2) is 10.4. The lowest BCUT2D eigenvalue weighted by Crippen LogP contribution is -2.45. The summed E-state index contributed by atoms with van der Waals surface area (Å²) in [7, 11) is -6.00. The Hall–Kier alpha value is -3.45. The monoisotopic (exact) mass is 479 g/mol. The maximum absolute atomic E-state index is 10.4. The van der Waals surface area contributed by atoms with Gasteiger partial charge in [0.05, 0.1) is 0 Å². The molecule has 3 aromatic carbocycles. The van der Waals surface area contributed by atoms with E-state index in [-0.39, 0.29) is 0 Å². The lowest BCUT2D eigenvalue weighted by molar-refractivity contribution is -0.682. The predicted octanol–water partition coefficient (Wildman–Crippen LogP) is 6.75. The number of pyridine rings is 1. The summed E-state index contributed by atoms with van der Waals surface area (Å²) in [6.07, 6.45) is 1.62. The zero-order valence-corrected chi connectivity index (χ0v) is 19.3. The van der Waals surface area contributed by atoms with E-state index >= 15 is 0 Å². The molecule has 0 saturated heterocycles. The van der Waals surface area contributed by atoms with Crippen molar-refractivity contribution in [3.63, 3.8) is 0 Å². The van der Waals surface area contributed by atoms with Gasteiger partial charge in [-0.25, -0.2) is 0 Å². The number of aliphatic hydroxyl groups is 1. The van der Waals surface area contributed by atoms with E-state index in [0.717, 1.165) is 18.5 Å². The van der Waals surface area contributed by atoms with Gasteiger partial charge in [-0.2, -0.15) is 4.57 Å². The molecule has 0 saturated carbocycles. The number of aliphatic hydroxyl groups excluding tert-OH is 1. The molecular formula is C28H26BF4NO. The van der Waals surface area contributed by atoms with Crippen LogP contribution in [0.15, 0.2) is 91.0 Å². The summed E-state index contributed by atoms with van der Waals surface area (Å²) in [5.41, 5.74) is 10.1. The van der Waals surface area contributed by atoms with Crippen molar-refractivity contribution in [1.82, 2.24) is 0 Å². The third-order valence-corrected chi connectivity index (χ3v) is 5.97. The quantitative estimate of drug-likeness (QED) is 0.195. The van der Waals surface area contributed by atoms with E-state index in [4.69, 9.17) is 0 Å². The molecule has 1 aliphatic rings. The Labute approximate surface area is 202 Å². The van der Waals surface area contributed by atoms with E-state index < -0.39 is 13.4 Å². The fourth-order valence-electron chi connectivity index (χ4n) is 4.68. The maximum atomic E-state index is 10.4. The van der Waals surface area contributed by atoms with Crippen molar-refractivity contribution in [2.24, 2.45) is 0 Å². The van der Waals surface area contributed by atoms with Crippen molar-refractivity contribution in [2.45, 2.75) is 32.4 Å². The standard InChI is InChI=1S/C28H26NO.BF4/c1-20(30)19-29-27(23-13-6-3-7-14-23)18-26(21-10-4-2-5-11-21)25-17-16-22-12-8-9-15-24(22)28(25)29;2-1(3,4)5/h2-15,18,20,30H,16-17,19H2,1H3;/q+1;-1. The highest BCUT2D eigenvalue weighted by molar-refractivity contribution is 6.50. The lowest BCUT2D eigenvalue weighted by atomic mass is 9.83. The highest BCUT2D eigenvalue weighted by Gasteiger charge is 2.32. The topological polar surface area (TPSA) is 24.1 Å². The van der Waals surface area contributed by atoms with E-state index in [1.165, 1.54) is 39.1 Å². The summed E-state index contributed by atoms with van der Waals surface area (Å²) in [4.78, 5) is 0. The van der Waals surface area contributed by atoms with Crippen LogP contribution in [0.4, 0.5) is 17.3 Å². The first kappa shape index (κ1) is 24.7. The molecule has 0 spiro atoms. The van der Waals surface area contributed by atoms with Crippen LogP contribution in [0.2, 0.25) is 0 Å². The molecule has 1 N–H and O–H groups in total. The number of hydrogen-bond donors (Lipinski definition) is 1. The van der Waals surface area contributed by atoms with E-state index in [2.05, 4.69) is 89.5 Å². The average molecular weight is 479 g/mol. The van der Waals surface area contributed by atoms with Gasteiger partial charge in [-0.05, 0) is 54.7 Å². The highest BCUT2D eigenvalue weighted by atomic mass is 19.5. The fraction of sp³-hybridized carbons (Fsp3) is 0.179. The number of aryl methyl sites for hydroxylation is 1. The van der Waals surface area contributed by atoms with E-state index in [1.54, 1.807) is 0 Å². The lowest BCUT2D eigenvalue weighted by Gasteiger charge is -2.23. The summed E-state index contributed by atoms with van der Waals surface area (Å²) in [5.74, 6) is 0. The Morgan fingerprint density at radius 2 is 1.31 bits per heavy atom. The van der Waals surface area contributed by atoms with Crippen molar-refractivity contribution < 1.29 is 26.9 Å². The van der Waals surface area contributed by atoms with Crippen LogP contribution in [-0.2, 0) is 19.4 Å². The van der Waals surface area contributed by atoms with Crippen molar-refractivity contribution in [1.29, 1.82) is 0 Å². The number of hydrogen-bond acceptors (Lipinski definition) is 1. The van der Waals surface area contributed by atoms with Crippen LogP contribution in [0.5, 0.6) is 0 Å². The zero-order valence-electron chi connectivity index (χ0n) is 19.3. The number of benzene rings is 3. The van der Waals surface area contributed by atoms with Gasteiger partial charge in [0.1, 0.15) is 6.10 Å². The second-order valence-electron chi connectivity index (χ2n) is 8.61. The molecule has 5 rings (SSSR count). The van der Waals surface area contributed by atoms with Crippen molar-refractivity contribution in [3.8, 4) is 33.6 Å². The molecule has 4 aromatic rings. The number of aromatic nitrogens is 1. The van der Waals surface area contributed by atoms with Crippen molar-refractivity contribution in [3.05, 3.63) is 102 Å². The fourth-order valence-corrected chi connectivity index (χ4v) is 4.68. The molecule has 7 heteroatoms. The van der Waals surface area contributed by atoms with Gasteiger partial charge in [-0.15, -0.1) is 0 Å². The van der Waals surface area contributed by atoms with Gasteiger partial charge in [-0.1, -0.05) is 66.7 Å². The van der Waals surface area contributed by atoms with Gasteiger partial charge in [0.15, 0.2) is 6.54 Å². The number of rotatable bonds is 4. The van der Waals surface area contributed by atoms with Crippen LogP contribution in [0.25, 0.3) is 33.6 Å². The highest BCUT2D eigenvalue weighted by Crippen LogP contribution is 2.39. The second-order valence-corrected chi connectivity index (χ2v) is 8.61. The van der Waals surface area contributed by atoms with Crippen LogP contribution in [0.3, 0.4) is 0 Å². The Bertz CT molecular complexity index is 1290. The molecule has 0 bridgehead atoms. The minimum absolute atomic E-state index is 0.432. The average Bonchev–Trinajstić information content (AvgIpc) is 2.83. The van der Waals surface area contributed by atoms with Crippen molar-refractivity contribution in [2.75, 3.05) is 0 Å². The molecule has 2 nitrogen and oxygen atoms in total. The first-order chi connectivity index (χ1) is 16.7. The smallest absolute Gasteiger partial charge is 0.418 e. The van der Waals surface area contributed by atoms with Crippen LogP contribution in [0.1, 0.15) is 18.1 Å². The van der Waals surface area contributed by atoms with Crippen LogP contribution >= 0.6 is 0 Å². The van der Waals surface area contributed by atoms with Gasteiger partial charge in [-0.3, -0.25) is 0 Å². The van der Waals surface area contributed by atoms with Crippen LogP contribution < -0.4 is 4.57 Å². The molecular weight excluding hydrogens is 453 g/mol. The minimum Gasteiger partial charge on any atom is -0.418 e. The molecule has 0 radical (unpaired) electrons. The van der Waals surface area contributed by atoms with E-state index in [1.807, 2.05) is 13.0 Å².